The van der Waals surface area contributed by atoms with Crippen LogP contribution in [0, 0.1) is 0 Å². The summed E-state index contributed by atoms with van der Waals surface area (Å²) in [6.45, 7) is 3.24. The van der Waals surface area contributed by atoms with Gasteiger partial charge in [-0.3, -0.25) is 4.79 Å². The lowest BCUT2D eigenvalue weighted by atomic mass is 10.0. The summed E-state index contributed by atoms with van der Waals surface area (Å²) in [4.78, 5) is 16.2. The molecule has 0 amide bonds. The normalized spacial score (nSPS) is 23.1. The van der Waals surface area contributed by atoms with Gasteiger partial charge < -0.3 is 19.9 Å². The van der Waals surface area contributed by atoms with Crippen molar-refractivity contribution in [3.05, 3.63) is 0 Å². The summed E-state index contributed by atoms with van der Waals surface area (Å²) < 4.78 is 4.77. The van der Waals surface area contributed by atoms with Crippen molar-refractivity contribution in [3.63, 3.8) is 0 Å². The smallest absolute Gasteiger partial charge is 0.322 e. The number of piperidine rings is 1. The van der Waals surface area contributed by atoms with E-state index in [4.69, 9.17) is 4.74 Å². The van der Waals surface area contributed by atoms with E-state index in [9.17, 15) is 4.79 Å². The Morgan fingerprint density at radius 1 is 1.61 bits per heavy atom. The Morgan fingerprint density at radius 3 is 2.89 bits per heavy atom. The third-order valence-corrected chi connectivity index (χ3v) is 3.83. The molecule has 0 radical (unpaired) electrons. The van der Waals surface area contributed by atoms with Crippen LogP contribution in [0.4, 0.5) is 0 Å². The van der Waals surface area contributed by atoms with E-state index in [1.165, 1.54) is 26.5 Å². The van der Waals surface area contributed by atoms with E-state index in [-0.39, 0.29) is 12.0 Å². The molecule has 1 aliphatic rings. The van der Waals surface area contributed by atoms with Gasteiger partial charge in [-0.1, -0.05) is 0 Å². The summed E-state index contributed by atoms with van der Waals surface area (Å²) in [7, 11) is 7.56. The first-order valence-corrected chi connectivity index (χ1v) is 6.72. The van der Waals surface area contributed by atoms with Crippen molar-refractivity contribution in [1.82, 2.24) is 15.1 Å². The van der Waals surface area contributed by atoms with Gasteiger partial charge in [0.1, 0.15) is 6.04 Å². The maximum Gasteiger partial charge on any atom is 0.322 e. The average molecular weight is 257 g/mol. The molecule has 18 heavy (non-hydrogen) atoms. The molecular formula is C13H27N3O2. The Balaban J connectivity index is 2.34. The molecular weight excluding hydrogens is 230 g/mol. The zero-order chi connectivity index (χ0) is 13.5. The van der Waals surface area contributed by atoms with Crippen molar-refractivity contribution in [2.45, 2.75) is 31.3 Å². The number of ether oxygens (including phenoxy) is 1. The molecule has 0 aliphatic carbocycles. The number of nitrogens with zero attached hydrogens (tertiary/aromatic N) is 2. The highest BCUT2D eigenvalue weighted by Crippen LogP contribution is 2.13. The molecule has 5 nitrogen and oxygen atoms in total. The van der Waals surface area contributed by atoms with Crippen LogP contribution < -0.4 is 5.32 Å². The molecule has 0 aromatic carbocycles. The molecule has 0 spiro atoms. The van der Waals surface area contributed by atoms with Crippen molar-refractivity contribution in [2.75, 3.05) is 47.9 Å². The molecule has 2 atom stereocenters. The van der Waals surface area contributed by atoms with E-state index in [1.54, 1.807) is 7.05 Å². The number of likely N-dealkylation sites (tertiary alicyclic amines) is 1. The Morgan fingerprint density at radius 2 is 2.33 bits per heavy atom. The lowest BCUT2D eigenvalue weighted by molar-refractivity contribution is -0.143. The third kappa shape index (κ3) is 4.55. The molecule has 1 heterocycles. The van der Waals surface area contributed by atoms with Crippen LogP contribution >= 0.6 is 0 Å². The predicted octanol–water partition coefficient (Wildman–Crippen LogP) is 0.164. The quantitative estimate of drug-likeness (QED) is 0.687. The number of methoxy groups -OCH3 is 1. The number of esters is 1. The van der Waals surface area contributed by atoms with Crippen LogP contribution in [0.2, 0.25) is 0 Å². The van der Waals surface area contributed by atoms with Crippen LogP contribution in [0.1, 0.15) is 19.3 Å². The van der Waals surface area contributed by atoms with Gasteiger partial charge in [0.05, 0.1) is 7.11 Å². The predicted molar refractivity (Wildman–Crippen MR) is 72.6 cm³/mol. The highest BCUT2D eigenvalue weighted by Gasteiger charge is 2.23. The number of nitrogens with one attached hydrogen (secondary N) is 1. The molecule has 1 fully saturated rings. The van der Waals surface area contributed by atoms with Crippen LogP contribution in [-0.4, -0.2) is 75.7 Å². The highest BCUT2D eigenvalue weighted by atomic mass is 16.5. The third-order valence-electron chi connectivity index (χ3n) is 3.83. The van der Waals surface area contributed by atoms with Gasteiger partial charge >= 0.3 is 5.97 Å². The number of hydrogen-bond donors (Lipinski definition) is 1. The van der Waals surface area contributed by atoms with Crippen molar-refractivity contribution in [1.29, 1.82) is 0 Å². The highest BCUT2D eigenvalue weighted by molar-refractivity contribution is 5.75. The lowest BCUT2D eigenvalue weighted by Gasteiger charge is -2.36. The molecule has 1 rings (SSSR count). The molecule has 1 aliphatic heterocycles. The standard InChI is InChI=1S/C13H27N3O2/c1-14-12(13(17)18-4)7-9-16(3)11-6-5-8-15(2)10-11/h11-12,14H,5-10H2,1-4H3. The Hall–Kier alpha value is -0.650. The van der Waals surface area contributed by atoms with Crippen molar-refractivity contribution >= 4 is 5.97 Å². The summed E-state index contributed by atoms with van der Waals surface area (Å²) in [6, 6.07) is 0.415. The maximum absolute atomic E-state index is 11.5. The summed E-state index contributed by atoms with van der Waals surface area (Å²) in [5.74, 6) is -0.174. The van der Waals surface area contributed by atoms with Crippen molar-refractivity contribution in [3.8, 4) is 0 Å². The van der Waals surface area contributed by atoms with Gasteiger partial charge in [-0.15, -0.1) is 0 Å². The minimum Gasteiger partial charge on any atom is -0.468 e. The van der Waals surface area contributed by atoms with Gasteiger partial charge in [-0.05, 0) is 47.0 Å². The van der Waals surface area contributed by atoms with Crippen LogP contribution in [0.3, 0.4) is 0 Å². The SMILES string of the molecule is CNC(CCN(C)C1CCCN(C)C1)C(=O)OC. The number of carbonyl (C=O) groups excluding carboxylic acids is 1. The Kier molecular flexibility index (Phi) is 6.60. The van der Waals surface area contributed by atoms with Gasteiger partial charge in [0.25, 0.3) is 0 Å². The molecule has 106 valence electrons. The van der Waals surface area contributed by atoms with Gasteiger partial charge in [0.2, 0.25) is 0 Å². The van der Waals surface area contributed by atoms with Crippen LogP contribution in [0.15, 0.2) is 0 Å². The summed E-state index contributed by atoms with van der Waals surface area (Å²) >= 11 is 0. The molecule has 1 saturated heterocycles. The molecule has 5 heteroatoms. The summed E-state index contributed by atoms with van der Waals surface area (Å²) in [6.07, 6.45) is 3.31. The lowest BCUT2D eigenvalue weighted by Crippen LogP contribution is -2.46. The number of likely N-dealkylation sites (N-methyl/N-ethyl adjacent to an activating group) is 3. The fourth-order valence-electron chi connectivity index (χ4n) is 2.54. The van der Waals surface area contributed by atoms with Gasteiger partial charge in [-0.25, -0.2) is 0 Å². The molecule has 1 N–H and O–H groups in total. The second-order valence-electron chi connectivity index (χ2n) is 5.19. The van der Waals surface area contributed by atoms with Crippen LogP contribution in [0.25, 0.3) is 0 Å². The van der Waals surface area contributed by atoms with Crippen molar-refractivity contribution in [2.24, 2.45) is 0 Å². The Labute approximate surface area is 110 Å². The number of rotatable bonds is 6. The minimum absolute atomic E-state index is 0.174. The largest absolute Gasteiger partial charge is 0.468 e. The summed E-state index contributed by atoms with van der Waals surface area (Å²) in [5, 5.41) is 3.01. The molecule has 0 saturated carbocycles. The van der Waals surface area contributed by atoms with Gasteiger partial charge in [0, 0.05) is 19.1 Å². The van der Waals surface area contributed by atoms with Gasteiger partial charge in [0.15, 0.2) is 0 Å². The summed E-state index contributed by atoms with van der Waals surface area (Å²) in [5.41, 5.74) is 0. The van der Waals surface area contributed by atoms with E-state index < -0.39 is 0 Å². The van der Waals surface area contributed by atoms with E-state index in [1.807, 2.05) is 0 Å². The van der Waals surface area contributed by atoms with E-state index >= 15 is 0 Å². The first kappa shape index (κ1) is 15.4. The fourth-order valence-corrected chi connectivity index (χ4v) is 2.54. The molecule has 0 bridgehead atoms. The topological polar surface area (TPSA) is 44.8 Å². The van der Waals surface area contributed by atoms with Crippen LogP contribution in [0.5, 0.6) is 0 Å². The monoisotopic (exact) mass is 257 g/mol. The Bertz CT molecular complexity index is 261. The molecule has 2 unspecified atom stereocenters. The second-order valence-corrected chi connectivity index (χ2v) is 5.19. The molecule has 0 aromatic heterocycles. The fraction of sp³-hybridized carbons (Fsp3) is 0.923. The van der Waals surface area contributed by atoms with Crippen LogP contribution in [-0.2, 0) is 9.53 Å². The van der Waals surface area contributed by atoms with E-state index in [2.05, 4.69) is 29.2 Å². The van der Waals surface area contributed by atoms with Crippen molar-refractivity contribution < 1.29 is 9.53 Å². The number of hydrogen-bond acceptors (Lipinski definition) is 5. The maximum atomic E-state index is 11.5. The minimum atomic E-state index is -0.196. The average Bonchev–Trinajstić information content (AvgIpc) is 2.38. The van der Waals surface area contributed by atoms with Gasteiger partial charge in [-0.2, -0.15) is 0 Å². The first-order chi connectivity index (χ1) is 8.58. The van der Waals surface area contributed by atoms with E-state index in [0.29, 0.717) is 6.04 Å². The number of carbonyl (C=O) groups is 1. The first-order valence-electron chi connectivity index (χ1n) is 6.72. The second kappa shape index (κ2) is 7.71. The molecule has 0 aromatic rings. The van der Waals surface area contributed by atoms with E-state index in [0.717, 1.165) is 19.5 Å². The zero-order valence-corrected chi connectivity index (χ0v) is 12.1. The zero-order valence-electron chi connectivity index (χ0n) is 12.1.